The highest BCUT2D eigenvalue weighted by molar-refractivity contribution is 5.58. The molecule has 0 saturated carbocycles. The van der Waals surface area contributed by atoms with E-state index in [-0.39, 0.29) is 0 Å². The molecular formula is C18H20O3. The maximum Gasteiger partial charge on any atom is 0.124 e. The molecule has 0 bridgehead atoms. The molecule has 0 fully saturated rings. The molecule has 2 aromatic rings. The molecule has 0 aliphatic rings. The van der Waals surface area contributed by atoms with Gasteiger partial charge in [-0.05, 0) is 60.4 Å². The van der Waals surface area contributed by atoms with Crippen LogP contribution in [-0.2, 0) is 17.8 Å². The van der Waals surface area contributed by atoms with Crippen molar-refractivity contribution < 1.29 is 14.3 Å². The minimum absolute atomic E-state index is 0.455. The first-order valence-electron chi connectivity index (χ1n) is 6.93. The van der Waals surface area contributed by atoms with Gasteiger partial charge in [0.15, 0.2) is 0 Å². The lowest BCUT2D eigenvalue weighted by atomic mass is 10.0. The average molecular weight is 284 g/mol. The maximum atomic E-state index is 10.7. The van der Waals surface area contributed by atoms with Gasteiger partial charge >= 0.3 is 0 Å². The van der Waals surface area contributed by atoms with Gasteiger partial charge in [0.05, 0.1) is 7.11 Å². The highest BCUT2D eigenvalue weighted by Crippen LogP contribution is 2.23. The fourth-order valence-electron chi connectivity index (χ4n) is 2.33. The van der Waals surface area contributed by atoms with Crippen molar-refractivity contribution in [2.45, 2.75) is 26.9 Å². The summed E-state index contributed by atoms with van der Waals surface area (Å²) in [4.78, 5) is 10.7. The summed E-state index contributed by atoms with van der Waals surface area (Å²) < 4.78 is 11.0. The van der Waals surface area contributed by atoms with Crippen LogP contribution in [0.15, 0.2) is 36.4 Å². The van der Waals surface area contributed by atoms with Gasteiger partial charge < -0.3 is 14.3 Å². The molecule has 0 aliphatic heterocycles. The summed E-state index contributed by atoms with van der Waals surface area (Å²) in [6.45, 7) is 4.52. The molecule has 0 atom stereocenters. The van der Waals surface area contributed by atoms with E-state index >= 15 is 0 Å². The van der Waals surface area contributed by atoms with E-state index in [0.717, 1.165) is 40.0 Å². The van der Waals surface area contributed by atoms with E-state index in [2.05, 4.69) is 0 Å². The first-order chi connectivity index (χ1) is 10.1. The zero-order chi connectivity index (χ0) is 15.2. The molecule has 0 N–H and O–H groups in total. The van der Waals surface area contributed by atoms with Gasteiger partial charge in [0.2, 0.25) is 0 Å². The van der Waals surface area contributed by atoms with Crippen molar-refractivity contribution in [2.24, 2.45) is 0 Å². The van der Waals surface area contributed by atoms with E-state index in [9.17, 15) is 4.79 Å². The third-order valence-corrected chi connectivity index (χ3v) is 3.52. The molecular weight excluding hydrogens is 264 g/mol. The lowest BCUT2D eigenvalue weighted by Gasteiger charge is -2.12. The fraction of sp³-hybridized carbons (Fsp3) is 0.278. The third-order valence-electron chi connectivity index (χ3n) is 3.52. The smallest absolute Gasteiger partial charge is 0.124 e. The van der Waals surface area contributed by atoms with E-state index in [4.69, 9.17) is 9.47 Å². The molecule has 110 valence electrons. The van der Waals surface area contributed by atoms with E-state index < -0.39 is 0 Å². The summed E-state index contributed by atoms with van der Waals surface area (Å²) in [5.41, 5.74) is 4.35. The first kappa shape index (κ1) is 15.1. The highest BCUT2D eigenvalue weighted by atomic mass is 16.5. The molecule has 0 heterocycles. The molecule has 2 rings (SSSR count). The monoisotopic (exact) mass is 284 g/mol. The highest BCUT2D eigenvalue weighted by Gasteiger charge is 2.06. The normalized spacial score (nSPS) is 10.2. The molecule has 0 spiro atoms. The van der Waals surface area contributed by atoms with Crippen molar-refractivity contribution in [2.75, 3.05) is 7.11 Å². The van der Waals surface area contributed by atoms with Gasteiger partial charge in [-0.1, -0.05) is 12.1 Å². The fourth-order valence-corrected chi connectivity index (χ4v) is 2.33. The predicted octanol–water partition coefficient (Wildman–Crippen LogP) is 3.63. The number of carbonyl (C=O) groups is 1. The molecule has 0 radical (unpaired) electrons. The van der Waals surface area contributed by atoms with Gasteiger partial charge in [-0.3, -0.25) is 0 Å². The summed E-state index contributed by atoms with van der Waals surface area (Å²) in [6, 6.07) is 11.8. The van der Waals surface area contributed by atoms with Crippen molar-refractivity contribution >= 4 is 6.29 Å². The Kier molecular flexibility index (Phi) is 4.99. The van der Waals surface area contributed by atoms with E-state index in [1.807, 2.05) is 50.2 Å². The number of rotatable bonds is 6. The Hall–Kier alpha value is -2.29. The Labute approximate surface area is 125 Å². The quantitative estimate of drug-likeness (QED) is 0.760. The van der Waals surface area contributed by atoms with Crippen LogP contribution in [0.25, 0.3) is 0 Å². The topological polar surface area (TPSA) is 35.5 Å². The second-order valence-electron chi connectivity index (χ2n) is 5.04. The van der Waals surface area contributed by atoms with Crippen molar-refractivity contribution in [3.8, 4) is 11.5 Å². The summed E-state index contributed by atoms with van der Waals surface area (Å²) in [5.74, 6) is 1.67. The number of hydrogen-bond donors (Lipinski definition) is 0. The summed E-state index contributed by atoms with van der Waals surface area (Å²) >= 11 is 0. The Morgan fingerprint density at radius 1 is 1.00 bits per heavy atom. The number of benzene rings is 2. The molecule has 21 heavy (non-hydrogen) atoms. The van der Waals surface area contributed by atoms with Crippen LogP contribution in [0.3, 0.4) is 0 Å². The number of aldehydes is 1. The zero-order valence-corrected chi connectivity index (χ0v) is 12.7. The number of ether oxygens (including phenoxy) is 2. The van der Waals surface area contributed by atoms with Crippen LogP contribution in [0.2, 0.25) is 0 Å². The van der Waals surface area contributed by atoms with E-state index in [1.165, 1.54) is 0 Å². The lowest BCUT2D eigenvalue weighted by Crippen LogP contribution is -1.99. The second-order valence-corrected chi connectivity index (χ2v) is 5.04. The minimum atomic E-state index is 0.455. The van der Waals surface area contributed by atoms with Gasteiger partial charge in [0, 0.05) is 6.42 Å². The standard InChI is InChI=1S/C18H20O3/c1-13-10-17(11-14(2)18(13)8-9-19)21-12-15-4-6-16(20-3)7-5-15/h4-7,9-11H,8,12H2,1-3H3. The Morgan fingerprint density at radius 3 is 2.14 bits per heavy atom. The van der Waals surface area contributed by atoms with E-state index in [0.29, 0.717) is 13.0 Å². The molecule has 0 aliphatic carbocycles. The Morgan fingerprint density at radius 2 is 1.62 bits per heavy atom. The average Bonchev–Trinajstić information content (AvgIpc) is 2.49. The summed E-state index contributed by atoms with van der Waals surface area (Å²) in [7, 11) is 1.65. The van der Waals surface area contributed by atoms with Gasteiger partial charge in [-0.2, -0.15) is 0 Å². The van der Waals surface area contributed by atoms with Crippen LogP contribution in [0.5, 0.6) is 11.5 Å². The Balaban J connectivity index is 2.07. The van der Waals surface area contributed by atoms with Crippen molar-refractivity contribution in [1.82, 2.24) is 0 Å². The van der Waals surface area contributed by atoms with Crippen LogP contribution in [0.1, 0.15) is 22.3 Å². The van der Waals surface area contributed by atoms with E-state index in [1.54, 1.807) is 7.11 Å². The molecule has 0 saturated heterocycles. The second kappa shape index (κ2) is 6.93. The summed E-state index contributed by atoms with van der Waals surface area (Å²) in [5, 5.41) is 0. The molecule has 3 nitrogen and oxygen atoms in total. The van der Waals surface area contributed by atoms with Crippen LogP contribution >= 0.6 is 0 Å². The van der Waals surface area contributed by atoms with Crippen LogP contribution in [0.4, 0.5) is 0 Å². The van der Waals surface area contributed by atoms with Crippen LogP contribution in [0, 0.1) is 13.8 Å². The molecule has 2 aromatic carbocycles. The van der Waals surface area contributed by atoms with Crippen LogP contribution in [-0.4, -0.2) is 13.4 Å². The number of carbonyl (C=O) groups excluding carboxylic acids is 1. The number of hydrogen-bond acceptors (Lipinski definition) is 3. The maximum absolute atomic E-state index is 10.7. The minimum Gasteiger partial charge on any atom is -0.497 e. The van der Waals surface area contributed by atoms with Gasteiger partial charge in [-0.15, -0.1) is 0 Å². The molecule has 0 aromatic heterocycles. The van der Waals surface area contributed by atoms with Crippen LogP contribution < -0.4 is 9.47 Å². The first-order valence-corrected chi connectivity index (χ1v) is 6.93. The lowest BCUT2D eigenvalue weighted by molar-refractivity contribution is -0.107. The molecule has 3 heteroatoms. The van der Waals surface area contributed by atoms with Gasteiger partial charge in [0.25, 0.3) is 0 Å². The largest absolute Gasteiger partial charge is 0.497 e. The number of aryl methyl sites for hydroxylation is 2. The van der Waals surface area contributed by atoms with Gasteiger partial charge in [0.1, 0.15) is 24.4 Å². The van der Waals surface area contributed by atoms with Crippen molar-refractivity contribution in [3.05, 3.63) is 58.7 Å². The predicted molar refractivity (Wildman–Crippen MR) is 83.0 cm³/mol. The van der Waals surface area contributed by atoms with Crippen molar-refractivity contribution in [1.29, 1.82) is 0 Å². The molecule has 0 amide bonds. The SMILES string of the molecule is COc1ccc(COc2cc(C)c(CC=O)c(C)c2)cc1. The third kappa shape index (κ3) is 3.85. The van der Waals surface area contributed by atoms with Gasteiger partial charge in [-0.25, -0.2) is 0 Å². The number of methoxy groups -OCH3 is 1. The molecule has 0 unspecified atom stereocenters. The zero-order valence-electron chi connectivity index (χ0n) is 12.7. The Bertz CT molecular complexity index is 592. The summed E-state index contributed by atoms with van der Waals surface area (Å²) in [6.07, 6.45) is 1.39. The van der Waals surface area contributed by atoms with Crippen molar-refractivity contribution in [3.63, 3.8) is 0 Å².